The van der Waals surface area contributed by atoms with Crippen molar-refractivity contribution in [2.75, 3.05) is 31.2 Å². The van der Waals surface area contributed by atoms with Crippen LogP contribution in [0.1, 0.15) is 65.6 Å². The fraction of sp³-hybridized carbons (Fsp3) is 0.419. The normalized spacial score (nSPS) is 17.5. The van der Waals surface area contributed by atoms with Crippen molar-refractivity contribution in [3.8, 4) is 0 Å². The third-order valence-electron chi connectivity index (χ3n) is 7.50. The van der Waals surface area contributed by atoms with Crippen LogP contribution in [0, 0.1) is 12.7 Å². The summed E-state index contributed by atoms with van der Waals surface area (Å²) in [6.07, 6.45) is 5.09. The first kappa shape index (κ1) is 27.1. The van der Waals surface area contributed by atoms with Gasteiger partial charge in [-0.3, -0.25) is 19.4 Å². The van der Waals surface area contributed by atoms with E-state index in [1.807, 2.05) is 37.3 Å². The second-order valence-electron chi connectivity index (χ2n) is 10.5. The molecule has 3 aromatic rings. The highest BCUT2D eigenvalue weighted by Gasteiger charge is 2.36. The van der Waals surface area contributed by atoms with Crippen LogP contribution in [0.4, 0.5) is 10.1 Å². The van der Waals surface area contributed by atoms with E-state index in [9.17, 15) is 14.0 Å². The molecule has 39 heavy (non-hydrogen) atoms. The third kappa shape index (κ3) is 6.75. The molecule has 1 aromatic heterocycles. The van der Waals surface area contributed by atoms with E-state index < -0.39 is 17.8 Å². The summed E-state index contributed by atoms with van der Waals surface area (Å²) < 4.78 is 25.4. The maximum atomic E-state index is 14.2. The lowest BCUT2D eigenvalue weighted by Gasteiger charge is -2.33. The molecular formula is C31H36FN3O4. The minimum absolute atomic E-state index is 0.0485. The van der Waals surface area contributed by atoms with Crippen molar-refractivity contribution in [1.82, 2.24) is 10.2 Å². The zero-order valence-corrected chi connectivity index (χ0v) is 22.4. The van der Waals surface area contributed by atoms with Gasteiger partial charge in [-0.1, -0.05) is 43.5 Å². The molecule has 7 nitrogen and oxygen atoms in total. The van der Waals surface area contributed by atoms with Crippen molar-refractivity contribution in [3.05, 3.63) is 89.1 Å². The lowest BCUT2D eigenvalue weighted by atomic mass is 9.94. The highest BCUT2D eigenvalue weighted by molar-refractivity contribution is 6.08. The van der Waals surface area contributed by atoms with E-state index in [0.717, 1.165) is 50.8 Å². The van der Waals surface area contributed by atoms with Crippen molar-refractivity contribution >= 4 is 17.5 Å². The Morgan fingerprint density at radius 2 is 1.77 bits per heavy atom. The van der Waals surface area contributed by atoms with Crippen LogP contribution in [0.2, 0.25) is 0 Å². The number of carbonyl (C=O) groups excluding carboxylic acids is 2. The highest BCUT2D eigenvalue weighted by Crippen LogP contribution is 2.32. The molecule has 2 aromatic carbocycles. The van der Waals surface area contributed by atoms with Gasteiger partial charge >= 0.3 is 0 Å². The molecule has 1 saturated carbocycles. The quantitative estimate of drug-likeness (QED) is 0.420. The van der Waals surface area contributed by atoms with E-state index in [1.54, 1.807) is 18.2 Å². The van der Waals surface area contributed by atoms with Crippen LogP contribution in [0.25, 0.3) is 0 Å². The third-order valence-corrected chi connectivity index (χ3v) is 7.50. The Hall–Kier alpha value is -3.49. The predicted molar refractivity (Wildman–Crippen MR) is 147 cm³/mol. The van der Waals surface area contributed by atoms with E-state index in [2.05, 4.69) is 10.2 Å². The van der Waals surface area contributed by atoms with E-state index in [-0.39, 0.29) is 17.7 Å². The number of aryl methyl sites for hydroxylation is 1. The Kier molecular flexibility index (Phi) is 8.74. The summed E-state index contributed by atoms with van der Waals surface area (Å²) in [6, 6.07) is 15.8. The lowest BCUT2D eigenvalue weighted by Crippen LogP contribution is -2.47. The summed E-state index contributed by atoms with van der Waals surface area (Å²) in [5.74, 6) is -0.297. The number of nitrogens with one attached hydrogen (secondary N) is 1. The number of benzene rings is 2. The molecule has 2 heterocycles. The first-order valence-corrected chi connectivity index (χ1v) is 13.8. The molecule has 206 valence electrons. The fourth-order valence-corrected chi connectivity index (χ4v) is 5.43. The van der Waals surface area contributed by atoms with Crippen LogP contribution in [0.15, 0.2) is 65.1 Å². The van der Waals surface area contributed by atoms with Gasteiger partial charge in [0.2, 0.25) is 5.91 Å². The number of halogens is 1. The second kappa shape index (κ2) is 12.6. The number of rotatable bonds is 8. The molecule has 2 fully saturated rings. The molecule has 1 atom stereocenters. The standard InChI is InChI=1S/C31H36FN3O4/c1-22-6-5-9-26(20-22)35(31(37)28-15-14-27(39-28)21-34-16-18-38-19-17-34)29(23-10-12-24(32)13-11-23)30(36)33-25-7-3-2-4-8-25/h5-6,9-15,20,25,29H,2-4,7-8,16-19,21H2,1H3,(H,33,36)/t29-/m0/s1. The average molecular weight is 534 g/mol. The molecule has 1 aliphatic carbocycles. The van der Waals surface area contributed by atoms with Gasteiger partial charge in [0.25, 0.3) is 5.91 Å². The van der Waals surface area contributed by atoms with Gasteiger partial charge in [0, 0.05) is 24.8 Å². The van der Waals surface area contributed by atoms with Gasteiger partial charge in [-0.05, 0) is 67.3 Å². The first-order valence-electron chi connectivity index (χ1n) is 13.8. The van der Waals surface area contributed by atoms with Gasteiger partial charge in [-0.25, -0.2) is 4.39 Å². The Balaban J connectivity index is 1.50. The van der Waals surface area contributed by atoms with Crippen molar-refractivity contribution in [2.24, 2.45) is 0 Å². The minimum atomic E-state index is -1.00. The molecule has 0 spiro atoms. The highest BCUT2D eigenvalue weighted by atomic mass is 19.1. The van der Waals surface area contributed by atoms with E-state index in [1.165, 1.54) is 17.0 Å². The molecular weight excluding hydrogens is 497 g/mol. The number of nitrogens with zero attached hydrogens (tertiary/aromatic N) is 2. The van der Waals surface area contributed by atoms with Gasteiger partial charge in [-0.15, -0.1) is 0 Å². The molecule has 1 N–H and O–H groups in total. The second-order valence-corrected chi connectivity index (χ2v) is 10.5. The zero-order valence-electron chi connectivity index (χ0n) is 22.4. The Bertz CT molecular complexity index is 1260. The van der Waals surface area contributed by atoms with E-state index >= 15 is 0 Å². The predicted octanol–water partition coefficient (Wildman–Crippen LogP) is 5.40. The number of anilines is 1. The number of hydrogen-bond donors (Lipinski definition) is 1. The van der Waals surface area contributed by atoms with E-state index in [0.29, 0.717) is 36.8 Å². The number of ether oxygens (including phenoxy) is 1. The Morgan fingerprint density at radius 1 is 1.03 bits per heavy atom. The number of furan rings is 1. The summed E-state index contributed by atoms with van der Waals surface area (Å²) in [4.78, 5) is 31.8. The van der Waals surface area contributed by atoms with Crippen LogP contribution in [-0.2, 0) is 16.1 Å². The van der Waals surface area contributed by atoms with E-state index in [4.69, 9.17) is 9.15 Å². The van der Waals surface area contributed by atoms with Gasteiger partial charge in [0.05, 0.1) is 19.8 Å². The summed E-state index contributed by atoms with van der Waals surface area (Å²) in [6.45, 7) is 5.45. The van der Waals surface area contributed by atoms with Crippen LogP contribution >= 0.6 is 0 Å². The van der Waals surface area contributed by atoms with Gasteiger partial charge in [0.15, 0.2) is 5.76 Å². The molecule has 1 aliphatic heterocycles. The summed E-state index contributed by atoms with van der Waals surface area (Å²) in [5, 5.41) is 3.19. The molecule has 0 bridgehead atoms. The van der Waals surface area contributed by atoms with Crippen LogP contribution < -0.4 is 10.2 Å². The Labute approximate surface area is 228 Å². The molecule has 8 heteroatoms. The number of hydrogen-bond acceptors (Lipinski definition) is 5. The largest absolute Gasteiger partial charge is 0.455 e. The first-order chi connectivity index (χ1) is 19.0. The minimum Gasteiger partial charge on any atom is -0.455 e. The van der Waals surface area contributed by atoms with Crippen molar-refractivity contribution in [1.29, 1.82) is 0 Å². The molecule has 0 radical (unpaired) electrons. The maximum Gasteiger partial charge on any atom is 0.294 e. The average Bonchev–Trinajstić information content (AvgIpc) is 3.41. The maximum absolute atomic E-state index is 14.2. The van der Waals surface area contributed by atoms with Crippen LogP contribution in [0.5, 0.6) is 0 Å². The number of amides is 2. The Morgan fingerprint density at radius 3 is 2.49 bits per heavy atom. The van der Waals surface area contributed by atoms with Gasteiger partial charge < -0.3 is 14.5 Å². The van der Waals surface area contributed by atoms with Crippen LogP contribution in [0.3, 0.4) is 0 Å². The SMILES string of the molecule is Cc1cccc(N(C(=O)c2ccc(CN3CCOCC3)o2)[C@H](C(=O)NC2CCCCC2)c2ccc(F)cc2)c1. The zero-order chi connectivity index (χ0) is 27.2. The monoisotopic (exact) mass is 533 g/mol. The molecule has 2 amide bonds. The smallest absolute Gasteiger partial charge is 0.294 e. The van der Waals surface area contributed by atoms with Gasteiger partial charge in [0.1, 0.15) is 17.6 Å². The fourth-order valence-electron chi connectivity index (χ4n) is 5.43. The molecule has 5 rings (SSSR count). The van der Waals surface area contributed by atoms with Crippen LogP contribution in [-0.4, -0.2) is 49.1 Å². The van der Waals surface area contributed by atoms with Crippen molar-refractivity contribution < 1.29 is 23.1 Å². The number of carbonyl (C=O) groups is 2. The summed E-state index contributed by atoms with van der Waals surface area (Å²) in [5.41, 5.74) is 2.04. The molecule has 0 unspecified atom stereocenters. The van der Waals surface area contributed by atoms with Crippen molar-refractivity contribution in [2.45, 2.75) is 57.7 Å². The number of morpholine rings is 1. The molecule has 1 saturated heterocycles. The van der Waals surface area contributed by atoms with Crippen molar-refractivity contribution in [3.63, 3.8) is 0 Å². The lowest BCUT2D eigenvalue weighted by molar-refractivity contribution is -0.123. The summed E-state index contributed by atoms with van der Waals surface area (Å²) in [7, 11) is 0. The van der Waals surface area contributed by atoms with Gasteiger partial charge in [-0.2, -0.15) is 0 Å². The topological polar surface area (TPSA) is 75.0 Å². The molecule has 2 aliphatic rings. The summed E-state index contributed by atoms with van der Waals surface area (Å²) >= 11 is 0.